The SMILES string of the molecule is Cc1cc(OCCCCC(C)(C)C#N)ccc1Br. The second-order valence-electron chi connectivity index (χ2n) is 5.21. The van der Waals surface area contributed by atoms with E-state index >= 15 is 0 Å². The van der Waals surface area contributed by atoms with Gasteiger partial charge in [-0.2, -0.15) is 5.26 Å². The maximum absolute atomic E-state index is 8.90. The average molecular weight is 310 g/mol. The van der Waals surface area contributed by atoms with E-state index in [1.54, 1.807) is 0 Å². The third kappa shape index (κ3) is 5.10. The van der Waals surface area contributed by atoms with E-state index in [-0.39, 0.29) is 5.41 Å². The molecule has 0 N–H and O–H groups in total. The fourth-order valence-corrected chi connectivity index (χ4v) is 1.87. The number of nitrogens with zero attached hydrogens (tertiary/aromatic N) is 1. The number of benzene rings is 1. The highest BCUT2D eigenvalue weighted by atomic mass is 79.9. The number of halogens is 1. The quantitative estimate of drug-likeness (QED) is 0.703. The second-order valence-corrected chi connectivity index (χ2v) is 6.07. The summed E-state index contributed by atoms with van der Waals surface area (Å²) in [4.78, 5) is 0. The van der Waals surface area contributed by atoms with Gasteiger partial charge in [-0.05, 0) is 63.8 Å². The number of hydrogen-bond acceptors (Lipinski definition) is 2. The predicted molar refractivity (Wildman–Crippen MR) is 77.6 cm³/mol. The van der Waals surface area contributed by atoms with Crippen LogP contribution >= 0.6 is 15.9 Å². The first-order valence-electron chi connectivity index (χ1n) is 6.25. The van der Waals surface area contributed by atoms with Crippen molar-refractivity contribution in [3.05, 3.63) is 28.2 Å². The summed E-state index contributed by atoms with van der Waals surface area (Å²) in [5, 5.41) is 8.90. The van der Waals surface area contributed by atoms with Crippen molar-refractivity contribution in [2.75, 3.05) is 6.61 Å². The van der Waals surface area contributed by atoms with Gasteiger partial charge in [0, 0.05) is 4.47 Å². The fourth-order valence-electron chi connectivity index (χ4n) is 1.62. The number of ether oxygens (including phenoxy) is 1. The molecule has 0 bridgehead atoms. The van der Waals surface area contributed by atoms with E-state index in [1.165, 1.54) is 5.56 Å². The molecule has 0 heterocycles. The summed E-state index contributed by atoms with van der Waals surface area (Å²) >= 11 is 3.47. The predicted octanol–water partition coefficient (Wildman–Crippen LogP) is 4.86. The van der Waals surface area contributed by atoms with Crippen LogP contribution in [0.15, 0.2) is 22.7 Å². The van der Waals surface area contributed by atoms with Crippen molar-refractivity contribution in [1.29, 1.82) is 5.26 Å². The van der Waals surface area contributed by atoms with Crippen molar-refractivity contribution in [2.24, 2.45) is 5.41 Å². The number of nitriles is 1. The van der Waals surface area contributed by atoms with Crippen LogP contribution in [0.3, 0.4) is 0 Å². The van der Waals surface area contributed by atoms with Gasteiger partial charge in [0.25, 0.3) is 0 Å². The minimum absolute atomic E-state index is 0.214. The van der Waals surface area contributed by atoms with Gasteiger partial charge in [0.1, 0.15) is 5.75 Å². The Kier molecular flexibility index (Phi) is 5.68. The van der Waals surface area contributed by atoms with E-state index in [0.29, 0.717) is 6.61 Å². The van der Waals surface area contributed by atoms with Crippen molar-refractivity contribution in [3.8, 4) is 11.8 Å². The van der Waals surface area contributed by atoms with Crippen molar-refractivity contribution in [1.82, 2.24) is 0 Å². The summed E-state index contributed by atoms with van der Waals surface area (Å²) in [5.74, 6) is 0.912. The van der Waals surface area contributed by atoms with Crippen LogP contribution in [0.25, 0.3) is 0 Å². The Morgan fingerprint density at radius 3 is 2.67 bits per heavy atom. The first kappa shape index (κ1) is 15.0. The Morgan fingerprint density at radius 1 is 1.33 bits per heavy atom. The van der Waals surface area contributed by atoms with Crippen molar-refractivity contribution < 1.29 is 4.74 Å². The molecule has 0 saturated heterocycles. The highest BCUT2D eigenvalue weighted by Gasteiger charge is 2.15. The highest BCUT2D eigenvalue weighted by Crippen LogP contribution is 2.23. The lowest BCUT2D eigenvalue weighted by molar-refractivity contribution is 0.295. The standard InChI is InChI=1S/C15H20BrNO/c1-12-10-13(6-7-14(12)16)18-9-5-4-8-15(2,3)11-17/h6-7,10H,4-5,8-9H2,1-3H3. The zero-order valence-electron chi connectivity index (χ0n) is 11.3. The number of aryl methyl sites for hydroxylation is 1. The summed E-state index contributed by atoms with van der Waals surface area (Å²) in [5.41, 5.74) is 0.965. The Hall–Kier alpha value is -1.01. The van der Waals surface area contributed by atoms with E-state index in [0.717, 1.165) is 29.5 Å². The molecule has 0 amide bonds. The summed E-state index contributed by atoms with van der Waals surface area (Å²) in [6.45, 7) is 6.72. The average Bonchev–Trinajstić information content (AvgIpc) is 2.33. The van der Waals surface area contributed by atoms with E-state index in [1.807, 2.05) is 39.0 Å². The van der Waals surface area contributed by atoms with Crippen LogP contribution in [-0.2, 0) is 0 Å². The van der Waals surface area contributed by atoms with Crippen LogP contribution in [0, 0.1) is 23.7 Å². The van der Waals surface area contributed by atoms with Gasteiger partial charge in [0.05, 0.1) is 18.1 Å². The molecule has 3 heteroatoms. The molecule has 1 aromatic carbocycles. The lowest BCUT2D eigenvalue weighted by atomic mass is 9.89. The second kappa shape index (κ2) is 6.80. The molecule has 0 atom stereocenters. The molecular weight excluding hydrogens is 290 g/mol. The van der Waals surface area contributed by atoms with E-state index in [2.05, 4.69) is 22.0 Å². The molecular formula is C15H20BrNO. The van der Waals surface area contributed by atoms with E-state index < -0.39 is 0 Å². The molecule has 0 aliphatic heterocycles. The molecule has 0 radical (unpaired) electrons. The smallest absolute Gasteiger partial charge is 0.119 e. The van der Waals surface area contributed by atoms with Crippen LogP contribution in [0.1, 0.15) is 38.7 Å². The maximum atomic E-state index is 8.90. The first-order valence-corrected chi connectivity index (χ1v) is 7.04. The van der Waals surface area contributed by atoms with Crippen LogP contribution < -0.4 is 4.74 Å². The maximum Gasteiger partial charge on any atom is 0.119 e. The molecule has 1 rings (SSSR count). The van der Waals surface area contributed by atoms with Crippen LogP contribution in [0.5, 0.6) is 5.75 Å². The van der Waals surface area contributed by atoms with Gasteiger partial charge in [-0.25, -0.2) is 0 Å². The van der Waals surface area contributed by atoms with E-state index in [9.17, 15) is 0 Å². The molecule has 0 aliphatic carbocycles. The van der Waals surface area contributed by atoms with Gasteiger partial charge >= 0.3 is 0 Å². The molecule has 18 heavy (non-hydrogen) atoms. The van der Waals surface area contributed by atoms with Gasteiger partial charge < -0.3 is 4.74 Å². The number of hydrogen-bond donors (Lipinski definition) is 0. The molecule has 0 spiro atoms. The molecule has 0 saturated carbocycles. The van der Waals surface area contributed by atoms with Gasteiger partial charge in [-0.3, -0.25) is 0 Å². The summed E-state index contributed by atoms with van der Waals surface area (Å²) < 4.78 is 6.79. The van der Waals surface area contributed by atoms with Gasteiger partial charge in [-0.15, -0.1) is 0 Å². The molecule has 1 aromatic rings. The monoisotopic (exact) mass is 309 g/mol. The lowest BCUT2D eigenvalue weighted by Gasteiger charge is -2.14. The zero-order valence-corrected chi connectivity index (χ0v) is 12.9. The Bertz CT molecular complexity index is 435. The minimum atomic E-state index is -0.214. The Balaban J connectivity index is 2.26. The lowest BCUT2D eigenvalue weighted by Crippen LogP contribution is -2.08. The minimum Gasteiger partial charge on any atom is -0.494 e. The summed E-state index contributed by atoms with van der Waals surface area (Å²) in [6.07, 6.45) is 2.93. The topological polar surface area (TPSA) is 33.0 Å². The van der Waals surface area contributed by atoms with Crippen molar-refractivity contribution in [3.63, 3.8) is 0 Å². The molecule has 0 fully saturated rings. The zero-order chi connectivity index (χ0) is 13.6. The first-order chi connectivity index (χ1) is 8.44. The van der Waals surface area contributed by atoms with Gasteiger partial charge in [-0.1, -0.05) is 15.9 Å². The largest absolute Gasteiger partial charge is 0.494 e. The van der Waals surface area contributed by atoms with Crippen molar-refractivity contribution in [2.45, 2.75) is 40.0 Å². The Morgan fingerprint density at radius 2 is 2.06 bits per heavy atom. The molecule has 0 aliphatic rings. The van der Waals surface area contributed by atoms with Gasteiger partial charge in [0.15, 0.2) is 0 Å². The summed E-state index contributed by atoms with van der Waals surface area (Å²) in [7, 11) is 0. The van der Waals surface area contributed by atoms with Crippen LogP contribution in [-0.4, -0.2) is 6.61 Å². The van der Waals surface area contributed by atoms with Crippen molar-refractivity contribution >= 4 is 15.9 Å². The number of unbranched alkanes of at least 4 members (excludes halogenated alkanes) is 1. The van der Waals surface area contributed by atoms with E-state index in [4.69, 9.17) is 10.00 Å². The summed E-state index contributed by atoms with van der Waals surface area (Å²) in [6, 6.07) is 8.32. The number of rotatable bonds is 6. The Labute approximate surface area is 118 Å². The normalized spacial score (nSPS) is 11.1. The molecule has 98 valence electrons. The molecule has 0 aromatic heterocycles. The molecule has 2 nitrogen and oxygen atoms in total. The third-order valence-electron chi connectivity index (χ3n) is 2.90. The highest BCUT2D eigenvalue weighted by molar-refractivity contribution is 9.10. The van der Waals surface area contributed by atoms with Gasteiger partial charge in [0.2, 0.25) is 0 Å². The van der Waals surface area contributed by atoms with Crippen LogP contribution in [0.4, 0.5) is 0 Å². The third-order valence-corrected chi connectivity index (χ3v) is 3.79. The molecule has 0 unspecified atom stereocenters. The van der Waals surface area contributed by atoms with Crippen LogP contribution in [0.2, 0.25) is 0 Å². The fraction of sp³-hybridized carbons (Fsp3) is 0.533.